The van der Waals surface area contributed by atoms with E-state index in [2.05, 4.69) is 0 Å². The second-order valence-electron chi connectivity index (χ2n) is 4.35. The summed E-state index contributed by atoms with van der Waals surface area (Å²) in [6, 6.07) is 0. The molecule has 0 N–H and O–H groups in total. The highest BCUT2D eigenvalue weighted by Gasteiger charge is 2.23. The van der Waals surface area contributed by atoms with Gasteiger partial charge in [0, 0.05) is 17.5 Å². The van der Waals surface area contributed by atoms with Gasteiger partial charge in [0.2, 0.25) is 0 Å². The van der Waals surface area contributed by atoms with Gasteiger partial charge in [0.1, 0.15) is 17.8 Å². The number of hydrogen-bond donors (Lipinski definition) is 0. The molecule has 0 heterocycles. The number of ether oxygens (including phenoxy) is 2. The minimum absolute atomic E-state index is 0.0716. The van der Waals surface area contributed by atoms with Crippen LogP contribution in [0.25, 0.3) is 0 Å². The summed E-state index contributed by atoms with van der Waals surface area (Å²) in [6.45, 7) is 5.82. The average Bonchev–Trinajstić information content (AvgIpc) is 2.34. The van der Waals surface area contributed by atoms with Crippen molar-refractivity contribution >= 4 is 17.9 Å². The smallest absolute Gasteiger partial charge is 0.141 e. The van der Waals surface area contributed by atoms with Crippen LogP contribution in [-0.4, -0.2) is 20.5 Å². The SMILES string of the molecule is COc1c(C)c(C(C)CC=O)c(OC)c(C)c1Cl. The van der Waals surface area contributed by atoms with E-state index in [4.69, 9.17) is 21.1 Å². The Bertz CT molecular complexity index is 455. The van der Waals surface area contributed by atoms with Crippen LogP contribution < -0.4 is 9.47 Å². The van der Waals surface area contributed by atoms with Crippen LogP contribution >= 0.6 is 11.6 Å². The lowest BCUT2D eigenvalue weighted by Gasteiger charge is -2.22. The minimum Gasteiger partial charge on any atom is -0.496 e. The van der Waals surface area contributed by atoms with Crippen LogP contribution in [0.2, 0.25) is 5.02 Å². The first kappa shape index (κ1) is 14.8. The lowest BCUT2D eigenvalue weighted by atomic mass is 9.90. The zero-order valence-corrected chi connectivity index (χ0v) is 12.2. The van der Waals surface area contributed by atoms with Crippen LogP contribution in [0.3, 0.4) is 0 Å². The van der Waals surface area contributed by atoms with Gasteiger partial charge in [0.25, 0.3) is 0 Å². The van der Waals surface area contributed by atoms with Gasteiger partial charge in [-0.1, -0.05) is 18.5 Å². The Morgan fingerprint density at radius 2 is 1.72 bits per heavy atom. The molecule has 3 nitrogen and oxygen atoms in total. The van der Waals surface area contributed by atoms with Crippen LogP contribution in [0.15, 0.2) is 0 Å². The van der Waals surface area contributed by atoms with E-state index in [9.17, 15) is 4.79 Å². The van der Waals surface area contributed by atoms with Crippen molar-refractivity contribution in [3.05, 3.63) is 21.7 Å². The van der Waals surface area contributed by atoms with Gasteiger partial charge in [-0.15, -0.1) is 0 Å². The van der Waals surface area contributed by atoms with Gasteiger partial charge >= 0.3 is 0 Å². The Morgan fingerprint density at radius 1 is 1.17 bits per heavy atom. The standard InChI is InChI=1S/C14H19ClO3/c1-8(6-7-16)11-9(2)14(18-5)12(15)10(3)13(11)17-4/h7-8H,6H2,1-5H3. The highest BCUT2D eigenvalue weighted by Crippen LogP contribution is 2.44. The summed E-state index contributed by atoms with van der Waals surface area (Å²) in [5, 5.41) is 0.564. The number of carbonyl (C=O) groups is 1. The Morgan fingerprint density at radius 3 is 2.17 bits per heavy atom. The van der Waals surface area contributed by atoms with E-state index in [1.54, 1.807) is 14.2 Å². The predicted octanol–water partition coefficient (Wildman–Crippen LogP) is 3.67. The van der Waals surface area contributed by atoms with Crippen LogP contribution in [-0.2, 0) is 4.79 Å². The van der Waals surface area contributed by atoms with E-state index >= 15 is 0 Å². The Labute approximate surface area is 113 Å². The van der Waals surface area contributed by atoms with Crippen molar-refractivity contribution < 1.29 is 14.3 Å². The molecule has 0 aliphatic carbocycles. The van der Waals surface area contributed by atoms with E-state index in [1.807, 2.05) is 20.8 Å². The fourth-order valence-corrected chi connectivity index (χ4v) is 2.60. The fraction of sp³-hybridized carbons (Fsp3) is 0.500. The molecule has 0 aromatic heterocycles. The summed E-state index contributed by atoms with van der Waals surface area (Å²) in [6.07, 6.45) is 1.36. The highest BCUT2D eigenvalue weighted by molar-refractivity contribution is 6.33. The minimum atomic E-state index is 0.0716. The molecule has 1 atom stereocenters. The predicted molar refractivity (Wildman–Crippen MR) is 73.1 cm³/mol. The molecule has 0 fully saturated rings. The molecule has 1 unspecified atom stereocenters. The molecule has 0 bridgehead atoms. The van der Waals surface area contributed by atoms with E-state index in [1.165, 1.54) is 0 Å². The topological polar surface area (TPSA) is 35.5 Å². The summed E-state index contributed by atoms with van der Waals surface area (Å²) in [4.78, 5) is 10.7. The van der Waals surface area contributed by atoms with Crippen LogP contribution in [0.1, 0.15) is 36.0 Å². The fourth-order valence-electron chi connectivity index (χ4n) is 2.29. The molecule has 0 aliphatic heterocycles. The second kappa shape index (κ2) is 6.10. The highest BCUT2D eigenvalue weighted by atomic mass is 35.5. The molecule has 18 heavy (non-hydrogen) atoms. The third-order valence-electron chi connectivity index (χ3n) is 3.21. The molecular weight excluding hydrogens is 252 g/mol. The number of methoxy groups -OCH3 is 2. The number of hydrogen-bond acceptors (Lipinski definition) is 3. The lowest BCUT2D eigenvalue weighted by Crippen LogP contribution is -2.06. The molecule has 100 valence electrons. The van der Waals surface area contributed by atoms with E-state index in [0.29, 0.717) is 17.2 Å². The van der Waals surface area contributed by atoms with Gasteiger partial charge in [-0.25, -0.2) is 0 Å². The number of benzene rings is 1. The molecule has 0 amide bonds. The summed E-state index contributed by atoms with van der Waals surface area (Å²) in [7, 11) is 3.20. The zero-order chi connectivity index (χ0) is 13.9. The molecule has 0 radical (unpaired) electrons. The molecule has 1 aromatic rings. The summed E-state index contributed by atoms with van der Waals surface area (Å²) >= 11 is 6.26. The van der Waals surface area contributed by atoms with Gasteiger partial charge in [0.15, 0.2) is 0 Å². The maximum absolute atomic E-state index is 10.7. The summed E-state index contributed by atoms with van der Waals surface area (Å²) in [5.41, 5.74) is 2.76. The van der Waals surface area contributed by atoms with Crippen molar-refractivity contribution in [2.45, 2.75) is 33.1 Å². The van der Waals surface area contributed by atoms with Crippen LogP contribution in [0, 0.1) is 13.8 Å². The van der Waals surface area contributed by atoms with Crippen molar-refractivity contribution in [3.63, 3.8) is 0 Å². The largest absolute Gasteiger partial charge is 0.496 e. The monoisotopic (exact) mass is 270 g/mol. The van der Waals surface area contributed by atoms with Crippen molar-refractivity contribution in [2.24, 2.45) is 0 Å². The van der Waals surface area contributed by atoms with Gasteiger partial charge in [0.05, 0.1) is 19.2 Å². The molecule has 0 saturated heterocycles. The summed E-state index contributed by atoms with van der Waals surface area (Å²) < 4.78 is 10.8. The number of rotatable bonds is 5. The first-order valence-electron chi connectivity index (χ1n) is 5.83. The van der Waals surface area contributed by atoms with Gasteiger partial charge < -0.3 is 14.3 Å². The van der Waals surface area contributed by atoms with Crippen LogP contribution in [0.5, 0.6) is 11.5 Å². The molecular formula is C14H19ClO3. The van der Waals surface area contributed by atoms with Gasteiger partial charge in [-0.05, 0) is 25.3 Å². The van der Waals surface area contributed by atoms with E-state index in [-0.39, 0.29) is 5.92 Å². The van der Waals surface area contributed by atoms with E-state index in [0.717, 1.165) is 28.7 Å². The van der Waals surface area contributed by atoms with Crippen LogP contribution in [0.4, 0.5) is 0 Å². The van der Waals surface area contributed by atoms with Gasteiger partial charge in [-0.2, -0.15) is 0 Å². The van der Waals surface area contributed by atoms with Crippen molar-refractivity contribution in [1.82, 2.24) is 0 Å². The molecule has 4 heteroatoms. The quantitative estimate of drug-likeness (QED) is 0.766. The Kier molecular flexibility index (Phi) is 5.03. The number of carbonyl (C=O) groups excluding carboxylic acids is 1. The molecule has 0 spiro atoms. The van der Waals surface area contributed by atoms with Crippen molar-refractivity contribution in [3.8, 4) is 11.5 Å². The Balaban J connectivity index is 3.56. The average molecular weight is 271 g/mol. The normalized spacial score (nSPS) is 12.1. The molecule has 0 saturated carbocycles. The Hall–Kier alpha value is -1.22. The molecule has 1 aromatic carbocycles. The number of aldehydes is 1. The second-order valence-corrected chi connectivity index (χ2v) is 4.73. The zero-order valence-electron chi connectivity index (χ0n) is 11.5. The van der Waals surface area contributed by atoms with E-state index < -0.39 is 0 Å². The third kappa shape index (κ3) is 2.46. The first-order valence-corrected chi connectivity index (χ1v) is 6.21. The maximum Gasteiger partial charge on any atom is 0.141 e. The first-order chi connectivity index (χ1) is 8.49. The molecule has 1 rings (SSSR count). The molecule has 0 aliphatic rings. The lowest BCUT2D eigenvalue weighted by molar-refractivity contribution is -0.108. The van der Waals surface area contributed by atoms with Gasteiger partial charge in [-0.3, -0.25) is 0 Å². The summed E-state index contributed by atoms with van der Waals surface area (Å²) in [5.74, 6) is 1.47. The third-order valence-corrected chi connectivity index (χ3v) is 3.66. The van der Waals surface area contributed by atoms with Crippen molar-refractivity contribution in [2.75, 3.05) is 14.2 Å². The maximum atomic E-state index is 10.7. The van der Waals surface area contributed by atoms with Crippen molar-refractivity contribution in [1.29, 1.82) is 0 Å². The number of halogens is 1.